The third kappa shape index (κ3) is 3.34. The van der Waals surface area contributed by atoms with Gasteiger partial charge in [-0.05, 0) is 37.1 Å². The van der Waals surface area contributed by atoms with Crippen LogP contribution in [0, 0.1) is 5.92 Å². The van der Waals surface area contributed by atoms with E-state index in [1.165, 1.54) is 31.5 Å². The van der Waals surface area contributed by atoms with Crippen LogP contribution in [0.2, 0.25) is 0 Å². The molecule has 0 bridgehead atoms. The van der Waals surface area contributed by atoms with Crippen molar-refractivity contribution in [1.29, 1.82) is 0 Å². The first kappa shape index (κ1) is 17.4. The van der Waals surface area contributed by atoms with Crippen LogP contribution in [0.1, 0.15) is 29.4 Å². The summed E-state index contributed by atoms with van der Waals surface area (Å²) in [4.78, 5) is 14.8. The molecule has 1 fully saturated rings. The number of carbonyl (C=O) groups excluding carboxylic acids is 1. The number of rotatable bonds is 4. The summed E-state index contributed by atoms with van der Waals surface area (Å²) in [5.74, 6) is 0.232. The van der Waals surface area contributed by atoms with Crippen molar-refractivity contribution in [2.45, 2.75) is 30.7 Å². The molecule has 2 N–H and O–H groups in total. The van der Waals surface area contributed by atoms with E-state index < -0.39 is 10.0 Å². The number of hydrogen-bond donors (Lipinski definition) is 1. The number of nitrogens with zero attached hydrogens (tertiary/aromatic N) is 2. The SMILES string of the molecule is CC(N)C1CCN(C(=O)c2sccc2S(=O)(=O)N(C)C)CC1. The predicted molar refractivity (Wildman–Crippen MR) is 87.5 cm³/mol. The molecule has 1 atom stereocenters. The number of amides is 1. The van der Waals surface area contributed by atoms with Gasteiger partial charge >= 0.3 is 0 Å². The van der Waals surface area contributed by atoms with Crippen molar-refractivity contribution in [3.05, 3.63) is 16.3 Å². The summed E-state index contributed by atoms with van der Waals surface area (Å²) in [5.41, 5.74) is 5.91. The molecule has 2 heterocycles. The zero-order valence-electron chi connectivity index (χ0n) is 13.2. The molecule has 1 aromatic heterocycles. The minimum absolute atomic E-state index is 0.0989. The van der Waals surface area contributed by atoms with Crippen molar-refractivity contribution in [2.75, 3.05) is 27.2 Å². The second kappa shape index (κ2) is 6.66. The molecule has 6 nitrogen and oxygen atoms in total. The number of sulfonamides is 1. The van der Waals surface area contributed by atoms with Crippen molar-refractivity contribution in [1.82, 2.24) is 9.21 Å². The van der Waals surface area contributed by atoms with Crippen LogP contribution in [0.5, 0.6) is 0 Å². The van der Waals surface area contributed by atoms with E-state index in [2.05, 4.69) is 0 Å². The molecule has 1 saturated heterocycles. The maximum Gasteiger partial charge on any atom is 0.265 e. The van der Waals surface area contributed by atoms with E-state index in [-0.39, 0.29) is 16.8 Å². The first-order valence-corrected chi connectivity index (χ1v) is 9.62. The lowest BCUT2D eigenvalue weighted by molar-refractivity contribution is 0.0682. The Hall–Kier alpha value is -0.960. The molecule has 0 aromatic carbocycles. The van der Waals surface area contributed by atoms with Gasteiger partial charge in [0.1, 0.15) is 9.77 Å². The Morgan fingerprint density at radius 1 is 1.41 bits per heavy atom. The van der Waals surface area contributed by atoms with E-state index in [1.54, 1.807) is 10.3 Å². The molecule has 22 heavy (non-hydrogen) atoms. The zero-order chi connectivity index (χ0) is 16.5. The molecule has 2 rings (SSSR count). The third-order valence-corrected chi connectivity index (χ3v) is 7.04. The molecule has 1 aromatic rings. The van der Waals surface area contributed by atoms with Crippen molar-refractivity contribution >= 4 is 27.3 Å². The van der Waals surface area contributed by atoms with Gasteiger partial charge in [-0.1, -0.05) is 0 Å². The zero-order valence-corrected chi connectivity index (χ0v) is 14.8. The summed E-state index contributed by atoms with van der Waals surface area (Å²) in [6, 6.07) is 1.63. The minimum Gasteiger partial charge on any atom is -0.338 e. The summed E-state index contributed by atoms with van der Waals surface area (Å²) in [6.07, 6.45) is 1.73. The first-order valence-electron chi connectivity index (χ1n) is 7.30. The van der Waals surface area contributed by atoms with E-state index in [0.29, 0.717) is 23.9 Å². The van der Waals surface area contributed by atoms with Gasteiger partial charge in [0.25, 0.3) is 5.91 Å². The van der Waals surface area contributed by atoms with Crippen molar-refractivity contribution in [3.8, 4) is 0 Å². The van der Waals surface area contributed by atoms with Gasteiger partial charge in [-0.15, -0.1) is 11.3 Å². The summed E-state index contributed by atoms with van der Waals surface area (Å²) >= 11 is 1.18. The minimum atomic E-state index is -3.60. The molecule has 1 aliphatic heterocycles. The summed E-state index contributed by atoms with van der Waals surface area (Å²) in [6.45, 7) is 3.25. The van der Waals surface area contributed by atoms with Gasteiger partial charge < -0.3 is 10.6 Å². The average Bonchev–Trinajstić information content (AvgIpc) is 2.96. The van der Waals surface area contributed by atoms with Crippen molar-refractivity contribution in [3.63, 3.8) is 0 Å². The highest BCUT2D eigenvalue weighted by atomic mass is 32.2. The van der Waals surface area contributed by atoms with Crippen LogP contribution in [-0.2, 0) is 10.0 Å². The number of nitrogens with two attached hydrogens (primary N) is 1. The molecule has 8 heteroatoms. The lowest BCUT2D eigenvalue weighted by atomic mass is 9.91. The van der Waals surface area contributed by atoms with E-state index in [9.17, 15) is 13.2 Å². The van der Waals surface area contributed by atoms with Crippen LogP contribution < -0.4 is 5.73 Å². The lowest BCUT2D eigenvalue weighted by Crippen LogP contribution is -2.42. The maximum atomic E-state index is 12.6. The molecular formula is C14H23N3O3S2. The van der Waals surface area contributed by atoms with Crippen LogP contribution in [0.25, 0.3) is 0 Å². The summed E-state index contributed by atoms with van der Waals surface area (Å²) in [7, 11) is -0.661. The normalized spacial score (nSPS) is 18.7. The average molecular weight is 345 g/mol. The summed E-state index contributed by atoms with van der Waals surface area (Å²) in [5, 5.41) is 1.65. The molecule has 0 saturated carbocycles. The quantitative estimate of drug-likeness (QED) is 0.889. The molecule has 124 valence electrons. The van der Waals surface area contributed by atoms with Crippen LogP contribution >= 0.6 is 11.3 Å². The van der Waals surface area contributed by atoms with E-state index in [0.717, 1.165) is 17.1 Å². The van der Waals surface area contributed by atoms with Crippen LogP contribution in [0.15, 0.2) is 16.3 Å². The second-order valence-electron chi connectivity index (χ2n) is 5.89. The second-order valence-corrected chi connectivity index (χ2v) is 8.93. The standard InChI is InChI=1S/C14H23N3O3S2/c1-10(15)11-4-7-17(8-5-11)14(18)13-12(6-9-21-13)22(19,20)16(2)3/h6,9-11H,4-5,7-8,15H2,1-3H3. The Labute approximate surface area is 135 Å². The largest absolute Gasteiger partial charge is 0.338 e. The van der Waals surface area contributed by atoms with Crippen LogP contribution in [0.4, 0.5) is 0 Å². The smallest absolute Gasteiger partial charge is 0.265 e. The molecule has 1 aliphatic rings. The first-order chi connectivity index (χ1) is 10.2. The number of likely N-dealkylation sites (tertiary alicyclic amines) is 1. The molecule has 0 spiro atoms. The fourth-order valence-electron chi connectivity index (χ4n) is 2.63. The molecule has 0 radical (unpaired) electrons. The molecule has 0 aliphatic carbocycles. The highest BCUT2D eigenvalue weighted by Gasteiger charge is 2.31. The van der Waals surface area contributed by atoms with Gasteiger partial charge in [-0.3, -0.25) is 4.79 Å². The van der Waals surface area contributed by atoms with Crippen molar-refractivity contribution in [2.24, 2.45) is 11.7 Å². The maximum absolute atomic E-state index is 12.6. The topological polar surface area (TPSA) is 83.7 Å². The van der Waals surface area contributed by atoms with E-state index in [4.69, 9.17) is 5.73 Å². The van der Waals surface area contributed by atoms with Crippen LogP contribution in [0.3, 0.4) is 0 Å². The monoisotopic (exact) mass is 345 g/mol. The summed E-state index contributed by atoms with van der Waals surface area (Å²) < 4.78 is 25.7. The Bertz CT molecular complexity index is 630. The highest BCUT2D eigenvalue weighted by Crippen LogP contribution is 2.28. The Balaban J connectivity index is 2.18. The number of carbonyl (C=O) groups is 1. The van der Waals surface area contributed by atoms with Gasteiger partial charge in [0, 0.05) is 33.2 Å². The number of piperidine rings is 1. The van der Waals surface area contributed by atoms with Gasteiger partial charge in [-0.25, -0.2) is 12.7 Å². The van der Waals surface area contributed by atoms with Crippen LogP contribution in [-0.4, -0.2) is 56.8 Å². The Morgan fingerprint density at radius 2 is 2.00 bits per heavy atom. The molecular weight excluding hydrogens is 322 g/mol. The fourth-order valence-corrected chi connectivity index (χ4v) is 4.88. The third-order valence-electron chi connectivity index (χ3n) is 4.15. The predicted octanol–water partition coefficient (Wildman–Crippen LogP) is 1.20. The van der Waals surface area contributed by atoms with Gasteiger partial charge in [0.05, 0.1) is 0 Å². The number of hydrogen-bond acceptors (Lipinski definition) is 5. The van der Waals surface area contributed by atoms with Gasteiger partial charge in [0.2, 0.25) is 10.0 Å². The Morgan fingerprint density at radius 3 is 2.50 bits per heavy atom. The molecule has 1 unspecified atom stereocenters. The highest BCUT2D eigenvalue weighted by molar-refractivity contribution is 7.89. The molecule has 1 amide bonds. The Kier molecular flexibility index (Phi) is 5.26. The fraction of sp³-hybridized carbons (Fsp3) is 0.643. The lowest BCUT2D eigenvalue weighted by Gasteiger charge is -2.33. The van der Waals surface area contributed by atoms with Crippen molar-refractivity contribution < 1.29 is 13.2 Å². The van der Waals surface area contributed by atoms with Gasteiger partial charge in [0.15, 0.2) is 0 Å². The number of thiophene rings is 1. The van der Waals surface area contributed by atoms with E-state index in [1.807, 2.05) is 6.92 Å². The van der Waals surface area contributed by atoms with Gasteiger partial charge in [-0.2, -0.15) is 0 Å². The van der Waals surface area contributed by atoms with E-state index >= 15 is 0 Å².